The molecular weight excluding hydrogens is 226 g/mol. The first-order valence-corrected chi connectivity index (χ1v) is 6.33. The lowest BCUT2D eigenvalue weighted by Crippen LogP contribution is -2.31. The van der Waals surface area contributed by atoms with Crippen molar-refractivity contribution in [1.82, 2.24) is 4.90 Å². The number of hydrogen-bond acceptors (Lipinski definition) is 3. The number of ether oxygens (including phenoxy) is 1. The molecule has 0 aliphatic carbocycles. The third-order valence-corrected chi connectivity index (χ3v) is 3.34. The molecule has 0 unspecified atom stereocenters. The highest BCUT2D eigenvalue weighted by Crippen LogP contribution is 2.20. The lowest BCUT2D eigenvalue weighted by molar-refractivity contribution is 0.153. The maximum absolute atomic E-state index is 9.28. The highest BCUT2D eigenvalue weighted by molar-refractivity contribution is 5.27. The van der Waals surface area contributed by atoms with E-state index in [1.54, 1.807) is 0 Å². The summed E-state index contributed by atoms with van der Waals surface area (Å²) in [6.45, 7) is 2.52. The number of terminal acetylenes is 1. The molecule has 2 rings (SSSR count). The molecule has 0 aromatic heterocycles. The van der Waals surface area contributed by atoms with Crippen LogP contribution in [0, 0.1) is 12.3 Å². The van der Waals surface area contributed by atoms with Gasteiger partial charge < -0.3 is 9.84 Å². The highest BCUT2D eigenvalue weighted by atomic mass is 16.5. The Kier molecular flexibility index (Phi) is 4.63. The minimum atomic E-state index is 0.253. The standard InChI is InChI=1S/C15H19NO2/c1-2-10-18-15-7-5-13(6-8-15)11-16-9-3-4-14(16)12-17/h1,5-8,14,17H,3-4,9-12H2/t14-/m0/s1. The largest absolute Gasteiger partial charge is 0.481 e. The van der Waals surface area contributed by atoms with E-state index in [4.69, 9.17) is 11.2 Å². The number of likely N-dealkylation sites (tertiary alicyclic amines) is 1. The summed E-state index contributed by atoms with van der Waals surface area (Å²) in [6, 6.07) is 8.31. The lowest BCUT2D eigenvalue weighted by atomic mass is 10.2. The second-order valence-corrected chi connectivity index (χ2v) is 4.59. The molecule has 1 fully saturated rings. The number of rotatable bonds is 5. The highest BCUT2D eigenvalue weighted by Gasteiger charge is 2.23. The van der Waals surface area contributed by atoms with Crippen molar-refractivity contribution in [2.24, 2.45) is 0 Å². The molecule has 0 radical (unpaired) electrons. The SMILES string of the molecule is C#CCOc1ccc(CN2CCC[C@H]2CO)cc1. The van der Waals surface area contributed by atoms with Crippen molar-refractivity contribution >= 4 is 0 Å². The molecule has 3 heteroatoms. The Balaban J connectivity index is 1.92. The Bertz CT molecular complexity index is 407. The molecule has 18 heavy (non-hydrogen) atoms. The van der Waals surface area contributed by atoms with E-state index in [1.807, 2.05) is 12.1 Å². The third kappa shape index (κ3) is 3.25. The van der Waals surface area contributed by atoms with E-state index in [0.29, 0.717) is 12.6 Å². The Morgan fingerprint density at radius 1 is 1.39 bits per heavy atom. The van der Waals surface area contributed by atoms with Gasteiger partial charge in [0.05, 0.1) is 6.61 Å². The van der Waals surface area contributed by atoms with Gasteiger partial charge in [0.2, 0.25) is 0 Å². The van der Waals surface area contributed by atoms with Crippen LogP contribution in [0.4, 0.5) is 0 Å². The number of benzene rings is 1. The summed E-state index contributed by atoms with van der Waals surface area (Å²) in [7, 11) is 0. The molecule has 0 saturated carbocycles. The van der Waals surface area contributed by atoms with Gasteiger partial charge in [-0.3, -0.25) is 4.90 Å². The van der Waals surface area contributed by atoms with Crippen LogP contribution in [0.15, 0.2) is 24.3 Å². The van der Waals surface area contributed by atoms with Gasteiger partial charge in [-0.2, -0.15) is 0 Å². The van der Waals surface area contributed by atoms with Gasteiger partial charge in [0.15, 0.2) is 0 Å². The van der Waals surface area contributed by atoms with Gasteiger partial charge in [0, 0.05) is 12.6 Å². The zero-order valence-corrected chi connectivity index (χ0v) is 10.5. The van der Waals surface area contributed by atoms with Crippen molar-refractivity contribution < 1.29 is 9.84 Å². The first-order valence-electron chi connectivity index (χ1n) is 6.33. The van der Waals surface area contributed by atoms with Crippen LogP contribution in [0.1, 0.15) is 18.4 Å². The van der Waals surface area contributed by atoms with Gasteiger partial charge in [-0.1, -0.05) is 18.1 Å². The zero-order valence-electron chi connectivity index (χ0n) is 10.5. The first kappa shape index (κ1) is 12.9. The smallest absolute Gasteiger partial charge is 0.148 e. The van der Waals surface area contributed by atoms with Gasteiger partial charge >= 0.3 is 0 Å². The molecule has 1 aromatic rings. The topological polar surface area (TPSA) is 32.7 Å². The molecular formula is C15H19NO2. The molecule has 1 aliphatic heterocycles. The minimum Gasteiger partial charge on any atom is -0.481 e. The van der Waals surface area contributed by atoms with Crippen LogP contribution in [0.2, 0.25) is 0 Å². The fraction of sp³-hybridized carbons (Fsp3) is 0.467. The van der Waals surface area contributed by atoms with Crippen LogP contribution in [0.5, 0.6) is 5.75 Å². The van der Waals surface area contributed by atoms with Gasteiger partial charge in [-0.05, 0) is 37.1 Å². The molecule has 96 valence electrons. The van der Waals surface area contributed by atoms with Crippen molar-refractivity contribution in [2.45, 2.75) is 25.4 Å². The summed E-state index contributed by atoms with van der Waals surface area (Å²) in [4.78, 5) is 2.33. The second-order valence-electron chi connectivity index (χ2n) is 4.59. The van der Waals surface area contributed by atoms with E-state index in [0.717, 1.165) is 25.3 Å². The first-order chi connectivity index (χ1) is 8.83. The summed E-state index contributed by atoms with van der Waals surface area (Å²) in [5, 5.41) is 9.28. The Hall–Kier alpha value is -1.50. The third-order valence-electron chi connectivity index (χ3n) is 3.34. The van der Waals surface area contributed by atoms with Gasteiger partial charge in [0.1, 0.15) is 12.4 Å². The van der Waals surface area contributed by atoms with Crippen molar-refractivity contribution in [3.63, 3.8) is 0 Å². The maximum atomic E-state index is 9.28. The van der Waals surface area contributed by atoms with Gasteiger partial charge in [0.25, 0.3) is 0 Å². The van der Waals surface area contributed by atoms with E-state index in [1.165, 1.54) is 12.0 Å². The van der Waals surface area contributed by atoms with E-state index in [-0.39, 0.29) is 6.61 Å². The van der Waals surface area contributed by atoms with Crippen LogP contribution < -0.4 is 4.74 Å². The average molecular weight is 245 g/mol. The normalized spacial score (nSPS) is 19.7. The molecule has 0 bridgehead atoms. The molecule has 1 heterocycles. The summed E-state index contributed by atoms with van der Waals surface area (Å²) in [5.74, 6) is 3.25. The fourth-order valence-corrected chi connectivity index (χ4v) is 2.36. The second kappa shape index (κ2) is 6.44. The Labute approximate surface area is 108 Å². The maximum Gasteiger partial charge on any atom is 0.148 e. The van der Waals surface area contributed by atoms with E-state index < -0.39 is 0 Å². The number of aliphatic hydroxyl groups is 1. The lowest BCUT2D eigenvalue weighted by Gasteiger charge is -2.22. The average Bonchev–Trinajstić information content (AvgIpc) is 2.85. The summed E-state index contributed by atoms with van der Waals surface area (Å²) >= 11 is 0. The van der Waals surface area contributed by atoms with E-state index in [9.17, 15) is 5.11 Å². The predicted molar refractivity (Wildman–Crippen MR) is 71.3 cm³/mol. The Morgan fingerprint density at radius 2 is 2.17 bits per heavy atom. The zero-order chi connectivity index (χ0) is 12.8. The summed E-state index contributed by atoms with van der Waals surface area (Å²) in [6.07, 6.45) is 7.41. The molecule has 0 spiro atoms. The molecule has 1 aromatic carbocycles. The minimum absolute atomic E-state index is 0.253. The quantitative estimate of drug-likeness (QED) is 0.801. The number of nitrogens with zero attached hydrogens (tertiary/aromatic N) is 1. The predicted octanol–water partition coefficient (Wildman–Crippen LogP) is 1.66. The summed E-state index contributed by atoms with van der Waals surface area (Å²) in [5.41, 5.74) is 1.24. The van der Waals surface area contributed by atoms with Crippen LogP contribution >= 0.6 is 0 Å². The Morgan fingerprint density at radius 3 is 2.83 bits per heavy atom. The molecule has 1 atom stereocenters. The van der Waals surface area contributed by atoms with Crippen molar-refractivity contribution in [3.05, 3.63) is 29.8 Å². The molecule has 1 aliphatic rings. The summed E-state index contributed by atoms with van der Waals surface area (Å²) < 4.78 is 5.33. The molecule has 0 amide bonds. The van der Waals surface area contributed by atoms with Crippen LogP contribution in [-0.2, 0) is 6.54 Å². The van der Waals surface area contributed by atoms with Crippen LogP contribution in [-0.4, -0.2) is 35.8 Å². The van der Waals surface area contributed by atoms with Crippen molar-refractivity contribution in [3.8, 4) is 18.1 Å². The molecule has 1 saturated heterocycles. The van der Waals surface area contributed by atoms with Crippen molar-refractivity contribution in [2.75, 3.05) is 19.8 Å². The van der Waals surface area contributed by atoms with Gasteiger partial charge in [-0.15, -0.1) is 6.42 Å². The van der Waals surface area contributed by atoms with E-state index >= 15 is 0 Å². The molecule has 3 nitrogen and oxygen atoms in total. The van der Waals surface area contributed by atoms with E-state index in [2.05, 4.69) is 23.0 Å². The molecule has 1 N–H and O–H groups in total. The fourth-order valence-electron chi connectivity index (χ4n) is 2.36. The van der Waals surface area contributed by atoms with Gasteiger partial charge in [-0.25, -0.2) is 0 Å². The van der Waals surface area contributed by atoms with Crippen LogP contribution in [0.3, 0.4) is 0 Å². The monoisotopic (exact) mass is 245 g/mol. The number of hydrogen-bond donors (Lipinski definition) is 1. The number of aliphatic hydroxyl groups excluding tert-OH is 1. The van der Waals surface area contributed by atoms with Crippen LogP contribution in [0.25, 0.3) is 0 Å². The van der Waals surface area contributed by atoms with Crippen molar-refractivity contribution in [1.29, 1.82) is 0 Å².